The van der Waals surface area contributed by atoms with Crippen LogP contribution in [0.3, 0.4) is 0 Å². The lowest BCUT2D eigenvalue weighted by molar-refractivity contribution is 0.399. The first kappa shape index (κ1) is 14.4. The minimum atomic E-state index is -0.418. The highest BCUT2D eigenvalue weighted by Crippen LogP contribution is 2.33. The molecule has 0 aliphatic rings. The van der Waals surface area contributed by atoms with Crippen LogP contribution in [-0.2, 0) is 0 Å². The minimum Gasteiger partial charge on any atom is -0.403 e. The van der Waals surface area contributed by atoms with Gasteiger partial charge in [0.1, 0.15) is 17.0 Å². The zero-order valence-corrected chi connectivity index (χ0v) is 13.2. The van der Waals surface area contributed by atoms with Gasteiger partial charge < -0.3 is 8.94 Å². The van der Waals surface area contributed by atoms with Crippen molar-refractivity contribution in [3.05, 3.63) is 70.3 Å². The molecule has 118 valence electrons. The Morgan fingerprint density at radius 3 is 2.58 bits per heavy atom. The zero-order chi connectivity index (χ0) is 16.7. The second-order valence-corrected chi connectivity index (χ2v) is 5.66. The Bertz CT molecular complexity index is 1090. The number of benzene rings is 2. The first-order chi connectivity index (χ1) is 11.6. The first-order valence-electron chi connectivity index (χ1n) is 7.57. The van der Waals surface area contributed by atoms with Crippen LogP contribution in [0.25, 0.3) is 33.6 Å². The van der Waals surface area contributed by atoms with Crippen LogP contribution < -0.4 is 5.63 Å². The van der Waals surface area contributed by atoms with Gasteiger partial charge in [0.15, 0.2) is 0 Å². The molecule has 0 aliphatic heterocycles. The number of nitrogens with zero attached hydrogens (tertiary/aromatic N) is 2. The summed E-state index contributed by atoms with van der Waals surface area (Å²) in [6.07, 6.45) is 0. The molecule has 4 rings (SSSR count). The molecular formula is C19H14N2O3. The lowest BCUT2D eigenvalue weighted by Gasteiger charge is -2.03. The van der Waals surface area contributed by atoms with Crippen LogP contribution in [0.1, 0.15) is 11.3 Å². The van der Waals surface area contributed by atoms with Gasteiger partial charge in [-0.15, -0.1) is 0 Å². The summed E-state index contributed by atoms with van der Waals surface area (Å²) >= 11 is 0. The molecule has 5 heteroatoms. The third kappa shape index (κ3) is 2.31. The fourth-order valence-electron chi connectivity index (χ4n) is 2.71. The Balaban J connectivity index is 1.98. The summed E-state index contributed by atoms with van der Waals surface area (Å²) in [7, 11) is 0. The zero-order valence-electron chi connectivity index (χ0n) is 13.2. The predicted molar refractivity (Wildman–Crippen MR) is 90.7 cm³/mol. The molecule has 0 saturated carbocycles. The molecule has 0 aliphatic carbocycles. The number of aromatic nitrogens is 2. The maximum absolute atomic E-state index is 12.3. The Hall–Kier alpha value is -3.21. The van der Waals surface area contributed by atoms with E-state index >= 15 is 0 Å². The van der Waals surface area contributed by atoms with Crippen molar-refractivity contribution in [2.45, 2.75) is 13.8 Å². The lowest BCUT2D eigenvalue weighted by Crippen LogP contribution is -2.03. The molecular weight excluding hydrogens is 304 g/mol. The lowest BCUT2D eigenvalue weighted by atomic mass is 10.1. The fraction of sp³-hybridized carbons (Fsp3) is 0.105. The molecule has 0 saturated heterocycles. The van der Waals surface area contributed by atoms with Crippen molar-refractivity contribution in [3.63, 3.8) is 0 Å². The number of hydrogen-bond acceptors (Lipinski definition) is 5. The van der Waals surface area contributed by atoms with E-state index < -0.39 is 5.63 Å². The van der Waals surface area contributed by atoms with Gasteiger partial charge >= 0.3 is 5.63 Å². The van der Waals surface area contributed by atoms with E-state index in [-0.39, 0.29) is 5.89 Å². The van der Waals surface area contributed by atoms with Crippen molar-refractivity contribution in [2.24, 2.45) is 0 Å². The molecule has 24 heavy (non-hydrogen) atoms. The predicted octanol–water partition coefficient (Wildman–Crippen LogP) is 4.13. The number of rotatable bonds is 2. The van der Waals surface area contributed by atoms with Gasteiger partial charge in [-0.2, -0.15) is 0 Å². The van der Waals surface area contributed by atoms with E-state index in [1.165, 1.54) is 0 Å². The number of fused-ring (bicyclic) bond motifs is 1. The molecule has 0 N–H and O–H groups in total. The topological polar surface area (TPSA) is 69.1 Å². The highest BCUT2D eigenvalue weighted by atomic mass is 16.5. The smallest absolute Gasteiger partial charge is 0.347 e. The molecule has 2 aromatic carbocycles. The molecule has 2 aromatic heterocycles. The van der Waals surface area contributed by atoms with Crippen molar-refractivity contribution in [1.82, 2.24) is 10.1 Å². The van der Waals surface area contributed by atoms with E-state index in [1.54, 1.807) is 13.0 Å². The van der Waals surface area contributed by atoms with Gasteiger partial charge in [-0.3, -0.25) is 0 Å². The van der Waals surface area contributed by atoms with Gasteiger partial charge in [-0.25, -0.2) is 9.78 Å². The molecule has 5 nitrogen and oxygen atoms in total. The molecule has 0 atom stereocenters. The van der Waals surface area contributed by atoms with E-state index in [2.05, 4.69) is 10.1 Å². The maximum atomic E-state index is 12.3. The van der Waals surface area contributed by atoms with Crippen molar-refractivity contribution in [2.75, 3.05) is 0 Å². The largest absolute Gasteiger partial charge is 0.403 e. The Morgan fingerprint density at radius 2 is 1.79 bits per heavy atom. The Kier molecular flexibility index (Phi) is 3.27. The van der Waals surface area contributed by atoms with E-state index in [9.17, 15) is 4.79 Å². The molecule has 2 heterocycles. The van der Waals surface area contributed by atoms with Crippen LogP contribution >= 0.6 is 0 Å². The van der Waals surface area contributed by atoms with Crippen molar-refractivity contribution in [1.29, 1.82) is 0 Å². The Morgan fingerprint density at radius 1 is 1.00 bits per heavy atom. The summed E-state index contributed by atoms with van der Waals surface area (Å²) in [6.45, 7) is 3.69. The number of aryl methyl sites for hydroxylation is 2. The van der Waals surface area contributed by atoms with E-state index in [0.29, 0.717) is 27.9 Å². The standard InChI is InChI=1S/C19H14N2O3/c1-11-8-9-15-14(10-11)19(22)23-18(20-15)16-12(2)24-21-17(16)13-6-4-3-5-7-13/h3-10H,1-2H3. The van der Waals surface area contributed by atoms with Crippen LogP contribution in [-0.4, -0.2) is 10.1 Å². The summed E-state index contributed by atoms with van der Waals surface area (Å²) in [4.78, 5) is 16.8. The van der Waals surface area contributed by atoms with Crippen LogP contribution in [0.5, 0.6) is 0 Å². The van der Waals surface area contributed by atoms with Crippen LogP contribution in [0.2, 0.25) is 0 Å². The fourth-order valence-corrected chi connectivity index (χ4v) is 2.71. The van der Waals surface area contributed by atoms with Crippen molar-refractivity contribution < 1.29 is 8.94 Å². The molecule has 0 fully saturated rings. The molecule has 0 spiro atoms. The molecule has 0 unspecified atom stereocenters. The van der Waals surface area contributed by atoms with Gasteiger partial charge in [0.05, 0.1) is 10.9 Å². The van der Waals surface area contributed by atoms with Gasteiger partial charge in [-0.1, -0.05) is 47.1 Å². The van der Waals surface area contributed by atoms with Crippen molar-refractivity contribution >= 4 is 10.9 Å². The molecule has 0 amide bonds. The number of hydrogen-bond donors (Lipinski definition) is 0. The highest BCUT2D eigenvalue weighted by Gasteiger charge is 2.21. The average molecular weight is 318 g/mol. The van der Waals surface area contributed by atoms with Crippen LogP contribution in [0.4, 0.5) is 0 Å². The van der Waals surface area contributed by atoms with Crippen LogP contribution in [0, 0.1) is 13.8 Å². The Labute approximate surface area is 137 Å². The summed E-state index contributed by atoms with van der Waals surface area (Å²) in [5.74, 6) is 0.768. The quantitative estimate of drug-likeness (QED) is 0.556. The van der Waals surface area contributed by atoms with Crippen LogP contribution in [0.15, 0.2) is 62.3 Å². The second-order valence-electron chi connectivity index (χ2n) is 5.66. The molecule has 0 bridgehead atoms. The first-order valence-corrected chi connectivity index (χ1v) is 7.57. The molecule has 4 aromatic rings. The summed E-state index contributed by atoms with van der Waals surface area (Å²) in [5.41, 5.74) is 3.23. The van der Waals surface area contributed by atoms with Gasteiger partial charge in [0.25, 0.3) is 0 Å². The summed E-state index contributed by atoms with van der Waals surface area (Å²) in [5, 5.41) is 4.58. The van der Waals surface area contributed by atoms with Gasteiger partial charge in [0, 0.05) is 5.56 Å². The van der Waals surface area contributed by atoms with E-state index in [0.717, 1.165) is 11.1 Å². The third-order valence-corrected chi connectivity index (χ3v) is 3.91. The van der Waals surface area contributed by atoms with E-state index in [1.807, 2.05) is 49.4 Å². The normalized spacial score (nSPS) is 11.1. The highest BCUT2D eigenvalue weighted by molar-refractivity contribution is 5.82. The van der Waals surface area contributed by atoms with Gasteiger partial charge in [-0.05, 0) is 26.0 Å². The monoisotopic (exact) mass is 318 g/mol. The SMILES string of the molecule is Cc1ccc2nc(-c3c(-c4ccccc4)noc3C)oc(=O)c2c1. The summed E-state index contributed by atoms with van der Waals surface area (Å²) < 4.78 is 10.8. The maximum Gasteiger partial charge on any atom is 0.347 e. The minimum absolute atomic E-state index is 0.217. The summed E-state index contributed by atoms with van der Waals surface area (Å²) in [6, 6.07) is 15.1. The van der Waals surface area contributed by atoms with E-state index in [4.69, 9.17) is 8.94 Å². The third-order valence-electron chi connectivity index (χ3n) is 3.91. The van der Waals surface area contributed by atoms with Crippen molar-refractivity contribution in [3.8, 4) is 22.7 Å². The second kappa shape index (κ2) is 5.45. The molecule has 0 radical (unpaired) electrons. The van der Waals surface area contributed by atoms with Gasteiger partial charge in [0.2, 0.25) is 5.89 Å². The average Bonchev–Trinajstić information content (AvgIpc) is 2.98.